The van der Waals surface area contributed by atoms with E-state index in [1.54, 1.807) is 12.1 Å². The Labute approximate surface area is 116 Å². The van der Waals surface area contributed by atoms with Crippen molar-refractivity contribution in [1.29, 1.82) is 0 Å². The highest BCUT2D eigenvalue weighted by atomic mass is 35.5. The zero-order valence-electron chi connectivity index (χ0n) is 10.7. The van der Waals surface area contributed by atoms with E-state index >= 15 is 0 Å². The van der Waals surface area contributed by atoms with Crippen LogP contribution in [0.1, 0.15) is 15.9 Å². The second kappa shape index (κ2) is 5.41. The number of benzene rings is 2. The van der Waals surface area contributed by atoms with E-state index in [0.29, 0.717) is 5.56 Å². The van der Waals surface area contributed by atoms with Crippen LogP contribution in [0.15, 0.2) is 42.5 Å². The number of nitrogens with zero attached hydrogens (tertiary/aromatic N) is 1. The van der Waals surface area contributed by atoms with Crippen molar-refractivity contribution in [3.05, 3.63) is 64.4 Å². The number of hydrogen-bond acceptors (Lipinski definition) is 2. The standard InChI is InChI=1S/C15H13ClFNO/c1-18(2)11-8-6-10(7-9-11)15(19)12-4-3-5-13(17)14(12)16/h3-9H,1-2H3. The minimum atomic E-state index is -0.586. The molecule has 0 atom stereocenters. The highest BCUT2D eigenvalue weighted by molar-refractivity contribution is 6.35. The van der Waals surface area contributed by atoms with E-state index in [1.165, 1.54) is 18.2 Å². The van der Waals surface area contributed by atoms with Crippen molar-refractivity contribution in [2.45, 2.75) is 0 Å². The Balaban J connectivity index is 2.36. The summed E-state index contributed by atoms with van der Waals surface area (Å²) in [4.78, 5) is 14.2. The lowest BCUT2D eigenvalue weighted by Crippen LogP contribution is -2.09. The molecule has 0 unspecified atom stereocenters. The van der Waals surface area contributed by atoms with Gasteiger partial charge in [-0.05, 0) is 36.4 Å². The molecule has 0 heterocycles. The maximum atomic E-state index is 13.3. The van der Waals surface area contributed by atoms with Crippen LogP contribution in [0.4, 0.5) is 10.1 Å². The van der Waals surface area contributed by atoms with E-state index in [9.17, 15) is 9.18 Å². The van der Waals surface area contributed by atoms with Gasteiger partial charge in [-0.15, -0.1) is 0 Å². The lowest BCUT2D eigenvalue weighted by molar-refractivity contribution is 0.103. The number of hydrogen-bond donors (Lipinski definition) is 0. The van der Waals surface area contributed by atoms with Gasteiger partial charge in [0.25, 0.3) is 0 Å². The summed E-state index contributed by atoms with van der Waals surface area (Å²) in [6.45, 7) is 0. The molecule has 0 amide bonds. The Morgan fingerprint density at radius 1 is 1.11 bits per heavy atom. The van der Waals surface area contributed by atoms with Crippen molar-refractivity contribution in [3.63, 3.8) is 0 Å². The molecule has 0 aliphatic heterocycles. The van der Waals surface area contributed by atoms with Gasteiger partial charge in [-0.1, -0.05) is 17.7 Å². The molecule has 2 nitrogen and oxygen atoms in total. The van der Waals surface area contributed by atoms with Gasteiger partial charge in [0.1, 0.15) is 5.82 Å². The summed E-state index contributed by atoms with van der Waals surface area (Å²) in [5, 5.41) is -0.135. The zero-order chi connectivity index (χ0) is 14.0. The topological polar surface area (TPSA) is 20.3 Å². The summed E-state index contributed by atoms with van der Waals surface area (Å²) in [6.07, 6.45) is 0. The fourth-order valence-electron chi connectivity index (χ4n) is 1.75. The molecule has 0 bridgehead atoms. The maximum Gasteiger partial charge on any atom is 0.194 e. The van der Waals surface area contributed by atoms with E-state index in [-0.39, 0.29) is 16.4 Å². The van der Waals surface area contributed by atoms with Gasteiger partial charge in [0.2, 0.25) is 0 Å². The molecule has 0 aliphatic rings. The number of rotatable bonds is 3. The SMILES string of the molecule is CN(C)c1ccc(C(=O)c2cccc(F)c2Cl)cc1. The molecule has 98 valence electrons. The van der Waals surface area contributed by atoms with Gasteiger partial charge < -0.3 is 4.90 Å². The number of carbonyl (C=O) groups excluding carboxylic acids is 1. The normalized spacial score (nSPS) is 10.3. The molecule has 0 aliphatic carbocycles. The van der Waals surface area contributed by atoms with Crippen LogP contribution in [-0.4, -0.2) is 19.9 Å². The van der Waals surface area contributed by atoms with E-state index in [0.717, 1.165) is 5.69 Å². The average molecular weight is 278 g/mol. The largest absolute Gasteiger partial charge is 0.378 e. The molecule has 19 heavy (non-hydrogen) atoms. The van der Waals surface area contributed by atoms with Gasteiger partial charge in [-0.2, -0.15) is 0 Å². The fraction of sp³-hybridized carbons (Fsp3) is 0.133. The highest BCUT2D eigenvalue weighted by Crippen LogP contribution is 2.23. The third-order valence-corrected chi connectivity index (χ3v) is 3.23. The van der Waals surface area contributed by atoms with Gasteiger partial charge in [0, 0.05) is 30.9 Å². The summed E-state index contributed by atoms with van der Waals surface area (Å²) in [5.74, 6) is -0.868. The van der Waals surface area contributed by atoms with Crippen LogP contribution in [0, 0.1) is 5.82 Å². The minimum absolute atomic E-state index is 0.135. The van der Waals surface area contributed by atoms with Crippen molar-refractivity contribution in [2.24, 2.45) is 0 Å². The van der Waals surface area contributed by atoms with Gasteiger partial charge in [-0.3, -0.25) is 4.79 Å². The molecule has 2 aromatic carbocycles. The second-order valence-electron chi connectivity index (χ2n) is 4.37. The lowest BCUT2D eigenvalue weighted by Gasteiger charge is -2.12. The van der Waals surface area contributed by atoms with Crippen molar-refractivity contribution in [1.82, 2.24) is 0 Å². The van der Waals surface area contributed by atoms with Crippen molar-refractivity contribution < 1.29 is 9.18 Å². The van der Waals surface area contributed by atoms with Crippen LogP contribution >= 0.6 is 11.6 Å². The molecule has 0 aromatic heterocycles. The smallest absolute Gasteiger partial charge is 0.194 e. The molecular formula is C15H13ClFNO. The Morgan fingerprint density at radius 2 is 1.74 bits per heavy atom. The third kappa shape index (κ3) is 2.76. The summed E-state index contributed by atoms with van der Waals surface area (Å²) in [6, 6.07) is 11.3. The molecule has 0 saturated heterocycles. The van der Waals surface area contributed by atoms with Gasteiger partial charge >= 0.3 is 0 Å². The quantitative estimate of drug-likeness (QED) is 0.796. The van der Waals surface area contributed by atoms with E-state index < -0.39 is 5.82 Å². The molecule has 0 N–H and O–H groups in total. The van der Waals surface area contributed by atoms with Crippen LogP contribution in [0.25, 0.3) is 0 Å². The molecule has 0 spiro atoms. The summed E-state index contributed by atoms with van der Waals surface area (Å²) >= 11 is 5.82. The van der Waals surface area contributed by atoms with Crippen LogP contribution in [0.5, 0.6) is 0 Å². The lowest BCUT2D eigenvalue weighted by atomic mass is 10.0. The zero-order valence-corrected chi connectivity index (χ0v) is 11.4. The Kier molecular flexibility index (Phi) is 3.86. The second-order valence-corrected chi connectivity index (χ2v) is 4.75. The van der Waals surface area contributed by atoms with Crippen molar-refractivity contribution >= 4 is 23.1 Å². The van der Waals surface area contributed by atoms with Crippen LogP contribution in [-0.2, 0) is 0 Å². The number of carbonyl (C=O) groups is 1. The van der Waals surface area contributed by atoms with Gasteiger partial charge in [-0.25, -0.2) is 4.39 Å². The summed E-state index contributed by atoms with van der Waals surface area (Å²) in [5.41, 5.74) is 1.65. The Morgan fingerprint density at radius 3 is 2.32 bits per heavy atom. The maximum absolute atomic E-state index is 13.3. The van der Waals surface area contributed by atoms with E-state index in [1.807, 2.05) is 31.1 Å². The number of halogens is 2. The molecule has 0 radical (unpaired) electrons. The first-order valence-electron chi connectivity index (χ1n) is 5.77. The van der Waals surface area contributed by atoms with Crippen molar-refractivity contribution in [3.8, 4) is 0 Å². The van der Waals surface area contributed by atoms with E-state index in [2.05, 4.69) is 0 Å². The van der Waals surface area contributed by atoms with Crippen molar-refractivity contribution in [2.75, 3.05) is 19.0 Å². The predicted molar refractivity (Wildman–Crippen MR) is 75.6 cm³/mol. The first-order chi connectivity index (χ1) is 9.00. The minimum Gasteiger partial charge on any atom is -0.378 e. The van der Waals surface area contributed by atoms with Crippen LogP contribution < -0.4 is 4.90 Å². The summed E-state index contributed by atoms with van der Waals surface area (Å²) in [7, 11) is 3.83. The van der Waals surface area contributed by atoms with Crippen LogP contribution in [0.2, 0.25) is 5.02 Å². The van der Waals surface area contributed by atoms with E-state index in [4.69, 9.17) is 11.6 Å². The fourth-order valence-corrected chi connectivity index (χ4v) is 1.96. The molecule has 4 heteroatoms. The van der Waals surface area contributed by atoms with Crippen LogP contribution in [0.3, 0.4) is 0 Å². The Bertz CT molecular complexity index is 608. The highest BCUT2D eigenvalue weighted by Gasteiger charge is 2.15. The number of anilines is 1. The summed E-state index contributed by atoms with van der Waals surface area (Å²) < 4.78 is 13.3. The molecule has 0 fully saturated rings. The Hall–Kier alpha value is -1.87. The molecule has 0 saturated carbocycles. The van der Waals surface area contributed by atoms with Gasteiger partial charge in [0.05, 0.1) is 5.02 Å². The predicted octanol–water partition coefficient (Wildman–Crippen LogP) is 3.78. The number of ketones is 1. The monoisotopic (exact) mass is 277 g/mol. The molecule has 2 rings (SSSR count). The average Bonchev–Trinajstić information content (AvgIpc) is 2.41. The van der Waals surface area contributed by atoms with Gasteiger partial charge in [0.15, 0.2) is 5.78 Å². The molecule has 2 aromatic rings. The first kappa shape index (κ1) is 13.6. The third-order valence-electron chi connectivity index (χ3n) is 2.84. The molecular weight excluding hydrogens is 265 g/mol. The first-order valence-corrected chi connectivity index (χ1v) is 6.14.